The van der Waals surface area contributed by atoms with E-state index in [0.29, 0.717) is 25.2 Å². The second-order valence-corrected chi connectivity index (χ2v) is 9.13. The van der Waals surface area contributed by atoms with Gasteiger partial charge < -0.3 is 10.2 Å². The maximum Gasteiger partial charge on any atom is 0.251 e. The molecule has 7 heteroatoms. The maximum absolute atomic E-state index is 13.0. The van der Waals surface area contributed by atoms with Crippen LogP contribution in [0.3, 0.4) is 0 Å². The Labute approximate surface area is 216 Å². The number of amides is 2. The molecule has 0 saturated carbocycles. The van der Waals surface area contributed by atoms with Crippen molar-refractivity contribution >= 4 is 17.9 Å². The number of pyridine rings is 1. The lowest BCUT2D eigenvalue weighted by molar-refractivity contribution is -0.126. The number of carbonyl (C=O) groups excluding carboxylic acids is 2. The first-order valence-corrected chi connectivity index (χ1v) is 12.5. The van der Waals surface area contributed by atoms with Crippen LogP contribution in [0.2, 0.25) is 0 Å². The lowest BCUT2D eigenvalue weighted by atomic mass is 10.0. The summed E-state index contributed by atoms with van der Waals surface area (Å²) in [4.78, 5) is 31.5. The zero-order valence-electron chi connectivity index (χ0n) is 20.5. The van der Waals surface area contributed by atoms with Crippen LogP contribution in [0.15, 0.2) is 97.5 Å². The van der Waals surface area contributed by atoms with Gasteiger partial charge in [0.15, 0.2) is 0 Å². The van der Waals surface area contributed by atoms with Gasteiger partial charge in [0.25, 0.3) is 5.91 Å². The van der Waals surface area contributed by atoms with Crippen molar-refractivity contribution in [3.63, 3.8) is 0 Å². The Morgan fingerprint density at radius 3 is 2.38 bits per heavy atom. The molecule has 5 rings (SSSR count). The summed E-state index contributed by atoms with van der Waals surface area (Å²) in [6.07, 6.45) is 10.4. The van der Waals surface area contributed by atoms with Crippen molar-refractivity contribution in [3.05, 3.63) is 114 Å². The summed E-state index contributed by atoms with van der Waals surface area (Å²) < 4.78 is 1.89. The monoisotopic (exact) mass is 491 g/mol. The number of rotatable bonds is 7. The van der Waals surface area contributed by atoms with Crippen LogP contribution < -0.4 is 5.32 Å². The van der Waals surface area contributed by atoms with E-state index in [0.717, 1.165) is 35.2 Å². The first kappa shape index (κ1) is 24.2. The standard InChI is InChI=1S/C30H29N5O2/c36-28(34-18-15-27(16-19-34)32-30(37)24-10-5-2-6-11-24)14-13-26-22-35(21-23-8-3-1-4-9-23)33-29(26)25-12-7-17-31-20-25/h1-14,17,20,22,27H,15-16,18-19,21H2,(H,32,37)/b14-13+. The number of piperidine rings is 1. The fraction of sp³-hybridized carbons (Fsp3) is 0.200. The molecule has 0 spiro atoms. The fourth-order valence-electron chi connectivity index (χ4n) is 4.51. The van der Waals surface area contributed by atoms with E-state index in [1.165, 1.54) is 0 Å². The van der Waals surface area contributed by atoms with Crippen LogP contribution in [0.5, 0.6) is 0 Å². The molecule has 7 nitrogen and oxygen atoms in total. The Hall–Kier alpha value is -4.52. The highest BCUT2D eigenvalue weighted by atomic mass is 16.2. The number of likely N-dealkylation sites (tertiary alicyclic amines) is 1. The summed E-state index contributed by atoms with van der Waals surface area (Å²) in [5.74, 6) is -0.110. The van der Waals surface area contributed by atoms with Gasteiger partial charge in [-0.15, -0.1) is 0 Å². The normalized spacial score (nSPS) is 14.1. The second kappa shape index (κ2) is 11.5. The molecule has 1 N–H and O–H groups in total. The summed E-state index contributed by atoms with van der Waals surface area (Å²) in [7, 11) is 0. The molecular formula is C30H29N5O2. The zero-order chi connectivity index (χ0) is 25.5. The van der Waals surface area contributed by atoms with Crippen LogP contribution in [-0.2, 0) is 11.3 Å². The Kier molecular flexibility index (Phi) is 7.50. The quantitative estimate of drug-likeness (QED) is 0.388. The number of nitrogens with zero attached hydrogens (tertiary/aromatic N) is 4. The molecule has 1 fully saturated rings. The van der Waals surface area contributed by atoms with E-state index in [1.54, 1.807) is 30.6 Å². The van der Waals surface area contributed by atoms with Crippen LogP contribution in [0, 0.1) is 0 Å². The smallest absolute Gasteiger partial charge is 0.251 e. The van der Waals surface area contributed by atoms with Crippen molar-refractivity contribution in [2.24, 2.45) is 0 Å². The molecule has 0 bridgehead atoms. The van der Waals surface area contributed by atoms with Crippen molar-refractivity contribution in [2.75, 3.05) is 13.1 Å². The first-order chi connectivity index (χ1) is 18.2. The number of hydrogen-bond donors (Lipinski definition) is 1. The lowest BCUT2D eigenvalue weighted by Crippen LogP contribution is -2.46. The molecule has 186 valence electrons. The van der Waals surface area contributed by atoms with E-state index in [1.807, 2.05) is 70.4 Å². The minimum atomic E-state index is -0.0688. The van der Waals surface area contributed by atoms with E-state index in [2.05, 4.69) is 22.4 Å². The predicted molar refractivity (Wildman–Crippen MR) is 144 cm³/mol. The molecular weight excluding hydrogens is 462 g/mol. The van der Waals surface area contributed by atoms with Crippen LogP contribution >= 0.6 is 0 Å². The van der Waals surface area contributed by atoms with Crippen molar-refractivity contribution in [1.29, 1.82) is 0 Å². The zero-order valence-corrected chi connectivity index (χ0v) is 20.5. The van der Waals surface area contributed by atoms with Crippen molar-refractivity contribution < 1.29 is 9.59 Å². The van der Waals surface area contributed by atoms with Crippen LogP contribution in [0.1, 0.15) is 34.3 Å². The van der Waals surface area contributed by atoms with Gasteiger partial charge in [-0.05, 0) is 48.7 Å². The molecule has 1 aliphatic heterocycles. The minimum Gasteiger partial charge on any atom is -0.349 e. The van der Waals surface area contributed by atoms with Gasteiger partial charge in [-0.25, -0.2) is 0 Å². The highest BCUT2D eigenvalue weighted by Gasteiger charge is 2.23. The van der Waals surface area contributed by atoms with Gasteiger partial charge >= 0.3 is 0 Å². The van der Waals surface area contributed by atoms with Crippen LogP contribution in [-0.4, -0.2) is 50.6 Å². The molecule has 0 atom stereocenters. The van der Waals surface area contributed by atoms with Crippen molar-refractivity contribution in [1.82, 2.24) is 25.0 Å². The summed E-state index contributed by atoms with van der Waals surface area (Å²) in [5.41, 5.74) is 4.35. The number of nitrogens with one attached hydrogen (secondary N) is 1. The van der Waals surface area contributed by atoms with E-state index < -0.39 is 0 Å². The topological polar surface area (TPSA) is 80.1 Å². The molecule has 2 aromatic heterocycles. The predicted octanol–water partition coefficient (Wildman–Crippen LogP) is 4.43. The minimum absolute atomic E-state index is 0.0409. The maximum atomic E-state index is 13.0. The van der Waals surface area contributed by atoms with Gasteiger partial charge in [0.05, 0.1) is 6.54 Å². The second-order valence-electron chi connectivity index (χ2n) is 9.13. The number of benzene rings is 2. The number of hydrogen-bond acceptors (Lipinski definition) is 4. The summed E-state index contributed by atoms with van der Waals surface area (Å²) in [6.45, 7) is 1.84. The van der Waals surface area contributed by atoms with Crippen molar-refractivity contribution in [3.8, 4) is 11.3 Å². The molecule has 2 aromatic carbocycles. The highest BCUT2D eigenvalue weighted by molar-refractivity contribution is 5.94. The highest BCUT2D eigenvalue weighted by Crippen LogP contribution is 2.23. The molecule has 2 amide bonds. The van der Waals surface area contributed by atoms with E-state index in [9.17, 15) is 9.59 Å². The lowest BCUT2D eigenvalue weighted by Gasteiger charge is -2.31. The third kappa shape index (κ3) is 6.19. The summed E-state index contributed by atoms with van der Waals surface area (Å²) in [6, 6.07) is 23.3. The van der Waals surface area contributed by atoms with Gasteiger partial charge in [-0.3, -0.25) is 19.3 Å². The van der Waals surface area contributed by atoms with Gasteiger partial charge in [-0.2, -0.15) is 5.10 Å². The molecule has 0 unspecified atom stereocenters. The van der Waals surface area contributed by atoms with Gasteiger partial charge in [-0.1, -0.05) is 48.5 Å². The largest absolute Gasteiger partial charge is 0.349 e. The van der Waals surface area contributed by atoms with E-state index >= 15 is 0 Å². The molecule has 3 heterocycles. The Morgan fingerprint density at radius 1 is 0.946 bits per heavy atom. The fourth-order valence-corrected chi connectivity index (χ4v) is 4.51. The Morgan fingerprint density at radius 2 is 1.68 bits per heavy atom. The third-order valence-corrected chi connectivity index (χ3v) is 6.50. The third-order valence-electron chi connectivity index (χ3n) is 6.50. The first-order valence-electron chi connectivity index (χ1n) is 12.5. The average Bonchev–Trinajstić information content (AvgIpc) is 3.36. The van der Waals surface area contributed by atoms with E-state index in [4.69, 9.17) is 5.10 Å². The number of carbonyl (C=O) groups is 2. The number of aromatic nitrogens is 3. The summed E-state index contributed by atoms with van der Waals surface area (Å²) >= 11 is 0. The van der Waals surface area contributed by atoms with E-state index in [-0.39, 0.29) is 17.9 Å². The van der Waals surface area contributed by atoms with Gasteiger partial charge in [0.2, 0.25) is 5.91 Å². The molecule has 0 radical (unpaired) electrons. The van der Waals surface area contributed by atoms with Crippen molar-refractivity contribution in [2.45, 2.75) is 25.4 Å². The van der Waals surface area contributed by atoms with Gasteiger partial charge in [0.1, 0.15) is 5.69 Å². The Balaban J connectivity index is 1.23. The molecule has 37 heavy (non-hydrogen) atoms. The SMILES string of the molecule is O=C(NC1CCN(C(=O)/C=C/c2cn(Cc3ccccc3)nc2-c2cccnc2)CC1)c1ccccc1. The summed E-state index contributed by atoms with van der Waals surface area (Å²) in [5, 5.41) is 7.88. The molecule has 0 aliphatic carbocycles. The Bertz CT molecular complexity index is 1360. The van der Waals surface area contributed by atoms with Crippen LogP contribution in [0.4, 0.5) is 0 Å². The molecule has 1 aliphatic rings. The average molecular weight is 492 g/mol. The molecule has 1 saturated heterocycles. The van der Waals surface area contributed by atoms with Gasteiger partial charge in [0, 0.05) is 60.5 Å². The van der Waals surface area contributed by atoms with Crippen LogP contribution in [0.25, 0.3) is 17.3 Å². The molecule has 4 aromatic rings.